The van der Waals surface area contributed by atoms with Crippen molar-refractivity contribution in [3.8, 4) is 0 Å². The molecule has 0 saturated heterocycles. The van der Waals surface area contributed by atoms with Gasteiger partial charge in [0.1, 0.15) is 11.6 Å². The SMILES string of the molecule is C[C@@H]1CC2=C(N=c3s/c(=C/c4ccc(Cl)cc4Cl)c(=O)n3[C@H]2c2ccc(F)cc2)/C(=C/c2ccc(F)cc2)C1. The fourth-order valence-corrected chi connectivity index (χ4v) is 6.75. The molecule has 39 heavy (non-hydrogen) atoms. The number of aromatic nitrogens is 1. The topological polar surface area (TPSA) is 34.4 Å². The number of hydrogen-bond donors (Lipinski definition) is 0. The molecule has 1 aromatic heterocycles. The molecule has 0 saturated carbocycles. The molecule has 196 valence electrons. The maximum atomic E-state index is 13.9. The van der Waals surface area contributed by atoms with Gasteiger partial charge >= 0.3 is 0 Å². The van der Waals surface area contributed by atoms with E-state index in [-0.39, 0.29) is 17.2 Å². The van der Waals surface area contributed by atoms with Crippen molar-refractivity contribution in [3.63, 3.8) is 0 Å². The van der Waals surface area contributed by atoms with Gasteiger partial charge in [-0.1, -0.05) is 71.8 Å². The standard InChI is InChI=1S/C31H22Cl2F2N2OS/c1-17-12-21(14-18-2-8-23(34)9-3-18)28-25(13-17)29(19-5-10-24(35)11-6-19)37-30(38)27(39-31(37)36-28)15-20-4-7-22(32)16-26(20)33/h2-11,14-17,29H,12-13H2,1H3/b21-14+,27-15+/t17-,29-/m0/s1. The van der Waals surface area contributed by atoms with Crippen LogP contribution < -0.4 is 14.9 Å². The molecule has 2 aliphatic rings. The third kappa shape index (κ3) is 5.05. The molecule has 8 heteroatoms. The van der Waals surface area contributed by atoms with Crippen molar-refractivity contribution in [2.45, 2.75) is 25.8 Å². The molecule has 4 aromatic rings. The van der Waals surface area contributed by atoms with Gasteiger partial charge in [-0.05, 0) is 95.1 Å². The van der Waals surface area contributed by atoms with Crippen molar-refractivity contribution < 1.29 is 8.78 Å². The summed E-state index contributed by atoms with van der Waals surface area (Å²) in [6, 6.07) is 17.4. The first-order valence-corrected chi connectivity index (χ1v) is 14.1. The quantitative estimate of drug-likeness (QED) is 0.251. The molecule has 0 bridgehead atoms. The Kier molecular flexibility index (Phi) is 6.88. The van der Waals surface area contributed by atoms with E-state index in [0.717, 1.165) is 40.8 Å². The Morgan fingerprint density at radius 3 is 2.33 bits per heavy atom. The number of hydrogen-bond acceptors (Lipinski definition) is 3. The largest absolute Gasteiger partial charge is 0.272 e. The number of thiazole rings is 1. The molecule has 2 heterocycles. The molecule has 0 N–H and O–H groups in total. The molecule has 1 aliphatic carbocycles. The highest BCUT2D eigenvalue weighted by molar-refractivity contribution is 7.07. The van der Waals surface area contributed by atoms with E-state index in [1.54, 1.807) is 53.1 Å². The summed E-state index contributed by atoms with van der Waals surface area (Å²) in [4.78, 5) is 19.5. The van der Waals surface area contributed by atoms with Gasteiger partial charge in [-0.25, -0.2) is 13.8 Å². The highest BCUT2D eigenvalue weighted by atomic mass is 35.5. The maximum Gasteiger partial charge on any atom is 0.271 e. The van der Waals surface area contributed by atoms with Gasteiger partial charge in [0.15, 0.2) is 4.80 Å². The van der Waals surface area contributed by atoms with E-state index >= 15 is 0 Å². The van der Waals surface area contributed by atoms with E-state index in [1.807, 2.05) is 6.08 Å². The summed E-state index contributed by atoms with van der Waals surface area (Å²) in [6.45, 7) is 2.16. The Labute approximate surface area is 237 Å². The number of benzene rings is 3. The second-order valence-corrected chi connectivity index (χ2v) is 11.8. The lowest BCUT2D eigenvalue weighted by Gasteiger charge is -2.33. The van der Waals surface area contributed by atoms with E-state index < -0.39 is 6.04 Å². The Balaban J connectivity index is 1.59. The third-order valence-corrected chi connectivity index (χ3v) is 8.57. The minimum Gasteiger partial charge on any atom is -0.272 e. The lowest BCUT2D eigenvalue weighted by molar-refractivity contribution is 0.481. The summed E-state index contributed by atoms with van der Waals surface area (Å²) in [7, 11) is 0. The molecular weight excluding hydrogens is 557 g/mol. The van der Waals surface area contributed by atoms with Crippen molar-refractivity contribution >= 4 is 46.7 Å². The molecule has 2 atom stereocenters. The summed E-state index contributed by atoms with van der Waals surface area (Å²) in [6.07, 6.45) is 5.33. The van der Waals surface area contributed by atoms with Gasteiger partial charge in [0.05, 0.1) is 16.3 Å². The number of allylic oxidation sites excluding steroid dienone is 2. The Morgan fingerprint density at radius 1 is 0.949 bits per heavy atom. The zero-order valence-electron chi connectivity index (χ0n) is 20.8. The molecule has 0 fully saturated rings. The minimum absolute atomic E-state index is 0.187. The fourth-order valence-electron chi connectivity index (χ4n) is 5.29. The highest BCUT2D eigenvalue weighted by Gasteiger charge is 2.34. The van der Waals surface area contributed by atoms with Gasteiger partial charge < -0.3 is 0 Å². The van der Waals surface area contributed by atoms with Crippen molar-refractivity contribution in [3.05, 3.63) is 142 Å². The Hall–Kier alpha value is -3.32. The summed E-state index contributed by atoms with van der Waals surface area (Å²) in [5.74, 6) is -0.338. The molecular formula is C31H22Cl2F2N2OS. The molecule has 0 amide bonds. The average molecular weight is 579 g/mol. The number of fused-ring (bicyclic) bond motifs is 1. The second-order valence-electron chi connectivity index (χ2n) is 9.91. The van der Waals surface area contributed by atoms with Crippen LogP contribution in [0.4, 0.5) is 8.78 Å². The molecule has 1 aliphatic heterocycles. The fraction of sp³-hybridized carbons (Fsp3) is 0.161. The van der Waals surface area contributed by atoms with Crippen LogP contribution in [-0.2, 0) is 0 Å². The first-order chi connectivity index (χ1) is 18.8. The molecule has 3 aromatic carbocycles. The van der Waals surface area contributed by atoms with Crippen LogP contribution in [0.5, 0.6) is 0 Å². The predicted octanol–water partition coefficient (Wildman–Crippen LogP) is 7.31. The van der Waals surface area contributed by atoms with E-state index in [2.05, 4.69) is 6.92 Å². The lowest BCUT2D eigenvalue weighted by atomic mass is 9.79. The van der Waals surface area contributed by atoms with E-state index in [4.69, 9.17) is 28.2 Å². The molecule has 6 rings (SSSR count). The van der Waals surface area contributed by atoms with Crippen LogP contribution in [0.25, 0.3) is 12.2 Å². The normalized spacial score (nSPS) is 20.1. The highest BCUT2D eigenvalue weighted by Crippen LogP contribution is 2.43. The zero-order valence-corrected chi connectivity index (χ0v) is 23.1. The zero-order chi connectivity index (χ0) is 27.3. The molecule has 0 radical (unpaired) electrons. The van der Waals surface area contributed by atoms with Crippen LogP contribution in [0.3, 0.4) is 0 Å². The van der Waals surface area contributed by atoms with Crippen LogP contribution in [0.2, 0.25) is 10.0 Å². The van der Waals surface area contributed by atoms with E-state index in [0.29, 0.717) is 30.9 Å². The Morgan fingerprint density at radius 2 is 1.64 bits per heavy atom. The van der Waals surface area contributed by atoms with Gasteiger partial charge in [-0.3, -0.25) is 9.36 Å². The third-order valence-electron chi connectivity index (χ3n) is 7.02. The van der Waals surface area contributed by atoms with Gasteiger partial charge in [0.2, 0.25) is 0 Å². The van der Waals surface area contributed by atoms with Crippen molar-refractivity contribution in [2.75, 3.05) is 0 Å². The summed E-state index contributed by atoms with van der Waals surface area (Å²) < 4.78 is 29.7. The van der Waals surface area contributed by atoms with Crippen LogP contribution in [0, 0.1) is 17.6 Å². The van der Waals surface area contributed by atoms with Gasteiger partial charge in [0, 0.05) is 10.0 Å². The van der Waals surface area contributed by atoms with Crippen molar-refractivity contribution in [1.82, 2.24) is 4.57 Å². The predicted molar refractivity (Wildman–Crippen MR) is 154 cm³/mol. The minimum atomic E-state index is -0.431. The Bertz CT molecular complexity index is 1840. The van der Waals surface area contributed by atoms with E-state index in [1.165, 1.54) is 35.6 Å². The second kappa shape index (κ2) is 10.3. The lowest BCUT2D eigenvalue weighted by Crippen LogP contribution is -2.39. The van der Waals surface area contributed by atoms with Crippen LogP contribution in [0.1, 0.15) is 42.5 Å². The first kappa shape index (κ1) is 25.9. The average Bonchev–Trinajstić information content (AvgIpc) is 3.21. The molecule has 0 unspecified atom stereocenters. The smallest absolute Gasteiger partial charge is 0.271 e. The van der Waals surface area contributed by atoms with Crippen LogP contribution in [-0.4, -0.2) is 4.57 Å². The number of halogens is 4. The van der Waals surface area contributed by atoms with Crippen LogP contribution >= 0.6 is 34.5 Å². The van der Waals surface area contributed by atoms with Crippen molar-refractivity contribution in [1.29, 1.82) is 0 Å². The first-order valence-electron chi connectivity index (χ1n) is 12.5. The van der Waals surface area contributed by atoms with Gasteiger partial charge in [0.25, 0.3) is 5.56 Å². The van der Waals surface area contributed by atoms with Crippen molar-refractivity contribution in [2.24, 2.45) is 10.9 Å². The van der Waals surface area contributed by atoms with E-state index in [9.17, 15) is 13.6 Å². The van der Waals surface area contributed by atoms with Gasteiger partial charge in [-0.15, -0.1) is 0 Å². The summed E-state index contributed by atoms with van der Waals surface area (Å²) >= 11 is 13.8. The molecule has 0 spiro atoms. The van der Waals surface area contributed by atoms with Gasteiger partial charge in [-0.2, -0.15) is 0 Å². The van der Waals surface area contributed by atoms with Crippen LogP contribution in [0.15, 0.2) is 93.4 Å². The monoisotopic (exact) mass is 578 g/mol. The maximum absolute atomic E-state index is 13.9. The molecule has 3 nitrogen and oxygen atoms in total. The number of rotatable bonds is 3. The number of nitrogens with zero attached hydrogens (tertiary/aromatic N) is 2. The summed E-state index contributed by atoms with van der Waals surface area (Å²) in [5, 5.41) is 0.957. The summed E-state index contributed by atoms with van der Waals surface area (Å²) in [5.41, 5.74) is 5.06.